The first-order valence-corrected chi connectivity index (χ1v) is 7.13. The summed E-state index contributed by atoms with van der Waals surface area (Å²) in [5.41, 5.74) is 2.39. The molecule has 0 spiro atoms. The highest BCUT2D eigenvalue weighted by Gasteiger charge is 2.24. The predicted molar refractivity (Wildman–Crippen MR) is 66.6 cm³/mol. The number of rotatable bonds is 4. The van der Waals surface area contributed by atoms with Gasteiger partial charge in [0.2, 0.25) is 5.69 Å². The minimum absolute atomic E-state index is 0.420. The molecule has 1 unspecified atom stereocenters. The van der Waals surface area contributed by atoms with Crippen molar-refractivity contribution in [2.24, 2.45) is 0 Å². The molecule has 2 rings (SSSR count). The van der Waals surface area contributed by atoms with E-state index in [1.165, 1.54) is 12.5 Å². The number of hydrogen-bond acceptors (Lipinski definition) is 2. The van der Waals surface area contributed by atoms with Crippen molar-refractivity contribution < 1.29 is 17.5 Å². The zero-order valence-corrected chi connectivity index (χ0v) is 10.5. The van der Waals surface area contributed by atoms with Gasteiger partial charge in [0.1, 0.15) is 12.8 Å². The molecule has 1 aliphatic rings. The van der Waals surface area contributed by atoms with Crippen molar-refractivity contribution in [2.75, 3.05) is 6.54 Å². The third kappa shape index (κ3) is 2.73. The molecule has 0 amide bonds. The Morgan fingerprint density at radius 2 is 2.12 bits per heavy atom. The van der Waals surface area contributed by atoms with Gasteiger partial charge in [0, 0.05) is 18.1 Å². The molecule has 0 aromatic heterocycles. The molecule has 92 valence electrons. The van der Waals surface area contributed by atoms with Crippen LogP contribution < -0.4 is 0 Å². The SMILES string of the molecule is CC(CC[N+]1=CCc2ccccc21)S(=O)(=O)O. The van der Waals surface area contributed by atoms with Gasteiger partial charge < -0.3 is 0 Å². The summed E-state index contributed by atoms with van der Waals surface area (Å²) < 4.78 is 32.8. The van der Waals surface area contributed by atoms with Crippen LogP contribution in [0.1, 0.15) is 18.9 Å². The highest BCUT2D eigenvalue weighted by atomic mass is 32.2. The van der Waals surface area contributed by atoms with Crippen LogP contribution in [0.25, 0.3) is 0 Å². The van der Waals surface area contributed by atoms with Crippen LogP contribution >= 0.6 is 0 Å². The van der Waals surface area contributed by atoms with Crippen molar-refractivity contribution in [2.45, 2.75) is 25.0 Å². The van der Waals surface area contributed by atoms with Crippen molar-refractivity contribution >= 4 is 22.0 Å². The molecule has 1 heterocycles. The first-order chi connectivity index (χ1) is 7.98. The van der Waals surface area contributed by atoms with Crippen LogP contribution in [0.3, 0.4) is 0 Å². The Balaban J connectivity index is 2.04. The Labute approximate surface area is 101 Å². The second kappa shape index (κ2) is 4.58. The standard InChI is InChI=1S/C12H15NO3S/c1-10(17(14,15)16)6-8-13-9-7-11-4-2-3-5-12(11)13/h2-5,9-10H,6-8H2,1H3/p+1. The van der Waals surface area contributed by atoms with Crippen LogP contribution in [0.2, 0.25) is 0 Å². The molecule has 1 N–H and O–H groups in total. The molecule has 5 heteroatoms. The average Bonchev–Trinajstić information content (AvgIpc) is 2.68. The van der Waals surface area contributed by atoms with E-state index in [0.717, 1.165) is 12.1 Å². The third-order valence-corrected chi connectivity index (χ3v) is 4.37. The highest BCUT2D eigenvalue weighted by Crippen LogP contribution is 2.23. The van der Waals surface area contributed by atoms with Crippen molar-refractivity contribution in [3.05, 3.63) is 29.8 Å². The van der Waals surface area contributed by atoms with Gasteiger partial charge in [-0.05, 0) is 6.92 Å². The topological polar surface area (TPSA) is 57.4 Å². The lowest BCUT2D eigenvalue weighted by atomic mass is 10.1. The van der Waals surface area contributed by atoms with Gasteiger partial charge >= 0.3 is 0 Å². The fraction of sp³-hybridized carbons (Fsp3) is 0.417. The molecule has 0 fully saturated rings. The normalized spacial score (nSPS) is 16.5. The van der Waals surface area contributed by atoms with E-state index >= 15 is 0 Å². The van der Waals surface area contributed by atoms with Gasteiger partial charge in [0.25, 0.3) is 10.1 Å². The van der Waals surface area contributed by atoms with E-state index in [1.807, 2.05) is 18.2 Å². The molecular formula is C12H16NO3S+. The van der Waals surface area contributed by atoms with E-state index in [2.05, 4.69) is 16.9 Å². The van der Waals surface area contributed by atoms with E-state index in [-0.39, 0.29) is 0 Å². The van der Waals surface area contributed by atoms with Gasteiger partial charge in [-0.3, -0.25) is 4.55 Å². The molecule has 1 aromatic rings. The van der Waals surface area contributed by atoms with Crippen LogP contribution in [-0.4, -0.2) is 35.6 Å². The summed E-state index contributed by atoms with van der Waals surface area (Å²) in [5.74, 6) is 0. The summed E-state index contributed by atoms with van der Waals surface area (Å²) in [4.78, 5) is 0. The number of fused-ring (bicyclic) bond motifs is 1. The summed E-state index contributed by atoms with van der Waals surface area (Å²) in [6.45, 7) is 2.13. The summed E-state index contributed by atoms with van der Waals surface area (Å²) >= 11 is 0. The van der Waals surface area contributed by atoms with Crippen LogP contribution in [0.5, 0.6) is 0 Å². The highest BCUT2D eigenvalue weighted by molar-refractivity contribution is 7.86. The molecule has 0 saturated heterocycles. The van der Waals surface area contributed by atoms with Crippen molar-refractivity contribution in [1.29, 1.82) is 0 Å². The lowest BCUT2D eigenvalue weighted by molar-refractivity contribution is -0.433. The first-order valence-electron chi connectivity index (χ1n) is 5.62. The summed E-state index contributed by atoms with van der Waals surface area (Å²) in [6.07, 6.45) is 3.36. The lowest BCUT2D eigenvalue weighted by Crippen LogP contribution is -2.20. The Bertz CT molecular complexity index is 549. The van der Waals surface area contributed by atoms with Crippen LogP contribution in [-0.2, 0) is 16.5 Å². The van der Waals surface area contributed by atoms with E-state index in [0.29, 0.717) is 13.0 Å². The first kappa shape index (κ1) is 12.3. The van der Waals surface area contributed by atoms with Crippen LogP contribution in [0.4, 0.5) is 5.69 Å². The maximum Gasteiger partial charge on any atom is 0.267 e. The molecule has 0 bridgehead atoms. The zero-order chi connectivity index (χ0) is 12.5. The third-order valence-electron chi connectivity index (χ3n) is 3.12. The number of para-hydroxylation sites is 1. The number of hydrogen-bond donors (Lipinski definition) is 1. The maximum absolute atomic E-state index is 10.9. The van der Waals surface area contributed by atoms with E-state index in [4.69, 9.17) is 4.55 Å². The molecule has 0 aliphatic carbocycles. The van der Waals surface area contributed by atoms with Gasteiger partial charge in [0.15, 0.2) is 0 Å². The largest absolute Gasteiger partial charge is 0.285 e. The molecule has 1 atom stereocenters. The van der Waals surface area contributed by atoms with Gasteiger partial charge in [0.05, 0.1) is 11.7 Å². The van der Waals surface area contributed by atoms with E-state index < -0.39 is 15.4 Å². The Hall–Kier alpha value is -1.20. The molecule has 0 radical (unpaired) electrons. The quantitative estimate of drug-likeness (QED) is 0.656. The number of nitrogens with zero attached hydrogens (tertiary/aromatic N) is 1. The van der Waals surface area contributed by atoms with Crippen molar-refractivity contribution in [3.8, 4) is 0 Å². The molecular weight excluding hydrogens is 238 g/mol. The molecule has 4 nitrogen and oxygen atoms in total. The van der Waals surface area contributed by atoms with Crippen molar-refractivity contribution in [3.63, 3.8) is 0 Å². The second-order valence-corrected chi connectivity index (χ2v) is 6.16. The summed E-state index contributed by atoms with van der Waals surface area (Å²) in [6, 6.07) is 8.06. The summed E-state index contributed by atoms with van der Waals surface area (Å²) in [7, 11) is -3.91. The molecule has 1 aliphatic heterocycles. The average molecular weight is 254 g/mol. The number of benzene rings is 1. The molecule has 0 saturated carbocycles. The minimum atomic E-state index is -3.91. The van der Waals surface area contributed by atoms with Crippen LogP contribution in [0, 0.1) is 0 Å². The Morgan fingerprint density at radius 1 is 1.41 bits per heavy atom. The van der Waals surface area contributed by atoms with Gasteiger partial charge in [-0.2, -0.15) is 8.42 Å². The second-order valence-electron chi connectivity index (χ2n) is 4.32. The maximum atomic E-state index is 10.9. The fourth-order valence-electron chi connectivity index (χ4n) is 1.95. The van der Waals surface area contributed by atoms with Crippen molar-refractivity contribution in [1.82, 2.24) is 0 Å². The smallest absolute Gasteiger partial charge is 0.267 e. The fourth-order valence-corrected chi connectivity index (χ4v) is 2.36. The van der Waals surface area contributed by atoms with Gasteiger partial charge in [-0.25, -0.2) is 4.58 Å². The monoisotopic (exact) mass is 254 g/mol. The zero-order valence-electron chi connectivity index (χ0n) is 9.70. The summed E-state index contributed by atoms with van der Waals surface area (Å²) in [5, 5.41) is -0.719. The Kier molecular flexibility index (Phi) is 3.31. The lowest BCUT2D eigenvalue weighted by Gasteiger charge is -2.06. The van der Waals surface area contributed by atoms with E-state index in [9.17, 15) is 8.42 Å². The van der Waals surface area contributed by atoms with Gasteiger partial charge in [-0.15, -0.1) is 0 Å². The minimum Gasteiger partial charge on any atom is -0.285 e. The van der Waals surface area contributed by atoms with Crippen LogP contribution in [0.15, 0.2) is 24.3 Å². The predicted octanol–water partition coefficient (Wildman–Crippen LogP) is 1.62. The Morgan fingerprint density at radius 3 is 2.82 bits per heavy atom. The molecule has 17 heavy (non-hydrogen) atoms. The van der Waals surface area contributed by atoms with E-state index in [1.54, 1.807) is 0 Å². The van der Waals surface area contributed by atoms with Gasteiger partial charge in [-0.1, -0.05) is 18.2 Å². The molecule has 1 aromatic carbocycles.